The van der Waals surface area contributed by atoms with Crippen LogP contribution in [0, 0.1) is 6.92 Å². The van der Waals surface area contributed by atoms with Crippen molar-refractivity contribution in [3.8, 4) is 0 Å². The van der Waals surface area contributed by atoms with E-state index in [1.165, 1.54) is 7.11 Å². The first-order valence-electron chi connectivity index (χ1n) is 8.70. The Hall–Kier alpha value is -3.73. The number of rotatable bonds is 5. The number of hydrogen-bond acceptors (Lipinski definition) is 4. The number of aryl methyl sites for hydroxylation is 1. The van der Waals surface area contributed by atoms with E-state index in [2.05, 4.69) is 5.32 Å². The average molecular weight is 373 g/mol. The molecule has 28 heavy (non-hydrogen) atoms. The van der Waals surface area contributed by atoms with Crippen molar-refractivity contribution >= 4 is 23.3 Å². The van der Waals surface area contributed by atoms with E-state index in [4.69, 9.17) is 4.74 Å². The zero-order chi connectivity index (χ0) is 20.1. The molecule has 5 nitrogen and oxygen atoms in total. The molecular weight excluding hydrogens is 354 g/mol. The summed E-state index contributed by atoms with van der Waals surface area (Å²) in [6, 6.07) is 20.4. The molecule has 0 saturated carbocycles. The zero-order valence-electron chi connectivity index (χ0n) is 15.6. The molecule has 0 atom stereocenters. The lowest BCUT2D eigenvalue weighted by atomic mass is 9.97. The van der Waals surface area contributed by atoms with Crippen LogP contribution in [0.3, 0.4) is 0 Å². The van der Waals surface area contributed by atoms with Gasteiger partial charge >= 0.3 is 5.97 Å². The second-order valence-corrected chi connectivity index (χ2v) is 6.22. The zero-order valence-corrected chi connectivity index (χ0v) is 15.6. The summed E-state index contributed by atoms with van der Waals surface area (Å²) in [6.07, 6.45) is 0. The van der Waals surface area contributed by atoms with Crippen LogP contribution in [0.1, 0.15) is 42.2 Å². The first kappa shape index (κ1) is 19.0. The van der Waals surface area contributed by atoms with Crippen molar-refractivity contribution in [1.82, 2.24) is 0 Å². The molecule has 0 bridgehead atoms. The van der Waals surface area contributed by atoms with E-state index >= 15 is 0 Å². The number of carbonyl (C=O) groups excluding carboxylic acids is 3. The highest BCUT2D eigenvalue weighted by molar-refractivity contribution is 6.17. The fourth-order valence-electron chi connectivity index (χ4n) is 2.82. The van der Waals surface area contributed by atoms with E-state index in [0.717, 1.165) is 5.56 Å². The number of ketones is 1. The minimum Gasteiger partial charge on any atom is -0.465 e. The molecule has 1 amide bonds. The van der Waals surface area contributed by atoms with Gasteiger partial charge in [0.1, 0.15) is 0 Å². The molecule has 0 aliphatic rings. The summed E-state index contributed by atoms with van der Waals surface area (Å²) in [4.78, 5) is 37.5. The van der Waals surface area contributed by atoms with Crippen molar-refractivity contribution < 1.29 is 19.1 Å². The number of ether oxygens (including phenoxy) is 1. The summed E-state index contributed by atoms with van der Waals surface area (Å²) in [7, 11) is 1.30. The van der Waals surface area contributed by atoms with Crippen LogP contribution in [-0.4, -0.2) is 24.8 Å². The maximum atomic E-state index is 12.9. The predicted molar refractivity (Wildman–Crippen MR) is 107 cm³/mol. The standard InChI is InChI=1S/C23H19NO4/c1-15-12-13-17(23(27)28-2)14-20(15)24-22(26)19-11-7-6-10-18(19)21(25)16-8-4-3-5-9-16/h3-14H,1-2H3,(H,24,26). The fourth-order valence-corrected chi connectivity index (χ4v) is 2.82. The highest BCUT2D eigenvalue weighted by atomic mass is 16.5. The van der Waals surface area contributed by atoms with Crippen molar-refractivity contribution in [2.24, 2.45) is 0 Å². The summed E-state index contributed by atoms with van der Waals surface area (Å²) in [5.41, 5.74) is 2.68. The third-order valence-corrected chi connectivity index (χ3v) is 4.36. The van der Waals surface area contributed by atoms with Gasteiger partial charge in [-0.1, -0.05) is 54.6 Å². The summed E-state index contributed by atoms with van der Waals surface area (Å²) < 4.78 is 4.72. The van der Waals surface area contributed by atoms with Gasteiger partial charge in [-0.15, -0.1) is 0 Å². The van der Waals surface area contributed by atoms with E-state index < -0.39 is 11.9 Å². The van der Waals surface area contributed by atoms with Crippen molar-refractivity contribution in [3.63, 3.8) is 0 Å². The third-order valence-electron chi connectivity index (χ3n) is 4.36. The Kier molecular flexibility index (Phi) is 5.65. The molecule has 0 fully saturated rings. The molecule has 0 saturated heterocycles. The molecule has 3 aromatic rings. The van der Waals surface area contributed by atoms with E-state index in [0.29, 0.717) is 22.4 Å². The highest BCUT2D eigenvalue weighted by Gasteiger charge is 2.19. The van der Waals surface area contributed by atoms with E-state index in [1.54, 1.807) is 66.7 Å². The molecule has 1 N–H and O–H groups in total. The summed E-state index contributed by atoms with van der Waals surface area (Å²) in [6.45, 7) is 1.82. The van der Waals surface area contributed by atoms with Crippen molar-refractivity contribution in [3.05, 3.63) is 101 Å². The predicted octanol–water partition coefficient (Wildman–Crippen LogP) is 4.26. The van der Waals surface area contributed by atoms with Crippen LogP contribution < -0.4 is 5.32 Å². The fraction of sp³-hybridized carbons (Fsp3) is 0.0870. The van der Waals surface area contributed by atoms with Gasteiger partial charge in [0.25, 0.3) is 5.91 Å². The van der Waals surface area contributed by atoms with Gasteiger partial charge in [-0.3, -0.25) is 9.59 Å². The monoisotopic (exact) mass is 373 g/mol. The molecular formula is C23H19NO4. The SMILES string of the molecule is COC(=O)c1ccc(C)c(NC(=O)c2ccccc2C(=O)c2ccccc2)c1. The number of esters is 1. The Labute approximate surface area is 163 Å². The van der Waals surface area contributed by atoms with Crippen LogP contribution in [0.5, 0.6) is 0 Å². The molecule has 0 aliphatic heterocycles. The Morgan fingerprint density at radius 1 is 0.786 bits per heavy atom. The van der Waals surface area contributed by atoms with Crippen LogP contribution in [0.25, 0.3) is 0 Å². The second-order valence-electron chi connectivity index (χ2n) is 6.22. The minimum atomic E-state index is -0.491. The summed E-state index contributed by atoms with van der Waals surface area (Å²) in [5.74, 6) is -1.15. The highest BCUT2D eigenvalue weighted by Crippen LogP contribution is 2.21. The maximum absolute atomic E-state index is 12.9. The first-order valence-corrected chi connectivity index (χ1v) is 8.70. The molecule has 0 heterocycles. The number of carbonyl (C=O) groups is 3. The number of methoxy groups -OCH3 is 1. The maximum Gasteiger partial charge on any atom is 0.337 e. The molecule has 5 heteroatoms. The second kappa shape index (κ2) is 8.31. The van der Waals surface area contributed by atoms with Gasteiger partial charge in [-0.05, 0) is 30.7 Å². The van der Waals surface area contributed by atoms with E-state index in [1.807, 2.05) is 13.0 Å². The van der Waals surface area contributed by atoms with Gasteiger partial charge in [0.05, 0.1) is 18.2 Å². The van der Waals surface area contributed by atoms with Gasteiger partial charge in [-0.25, -0.2) is 4.79 Å². The van der Waals surface area contributed by atoms with Crippen molar-refractivity contribution in [1.29, 1.82) is 0 Å². The van der Waals surface area contributed by atoms with Gasteiger partial charge < -0.3 is 10.1 Å². The normalized spacial score (nSPS) is 10.2. The quantitative estimate of drug-likeness (QED) is 0.536. The van der Waals surface area contributed by atoms with E-state index in [9.17, 15) is 14.4 Å². The first-order chi connectivity index (χ1) is 13.5. The summed E-state index contributed by atoms with van der Waals surface area (Å²) in [5, 5.41) is 2.79. The van der Waals surface area contributed by atoms with Gasteiger partial charge in [-0.2, -0.15) is 0 Å². The average Bonchev–Trinajstić information content (AvgIpc) is 2.74. The smallest absolute Gasteiger partial charge is 0.337 e. The Bertz CT molecular complexity index is 1040. The van der Waals surface area contributed by atoms with Crippen LogP contribution in [-0.2, 0) is 4.74 Å². The number of benzene rings is 3. The molecule has 0 aromatic heterocycles. The molecule has 0 spiro atoms. The topological polar surface area (TPSA) is 72.5 Å². The van der Waals surface area contributed by atoms with Crippen molar-refractivity contribution in [2.45, 2.75) is 6.92 Å². The lowest BCUT2D eigenvalue weighted by molar-refractivity contribution is 0.0600. The lowest BCUT2D eigenvalue weighted by Crippen LogP contribution is -2.18. The lowest BCUT2D eigenvalue weighted by Gasteiger charge is -2.12. The Morgan fingerprint density at radius 2 is 1.43 bits per heavy atom. The number of nitrogens with one attached hydrogen (secondary N) is 1. The van der Waals surface area contributed by atoms with Gasteiger partial charge in [0.2, 0.25) is 0 Å². The van der Waals surface area contributed by atoms with Crippen molar-refractivity contribution in [2.75, 3.05) is 12.4 Å². The minimum absolute atomic E-state index is 0.230. The number of hydrogen-bond donors (Lipinski definition) is 1. The molecule has 0 radical (unpaired) electrons. The molecule has 3 rings (SSSR count). The van der Waals surface area contributed by atoms with Gasteiger partial charge in [0, 0.05) is 16.8 Å². The van der Waals surface area contributed by atoms with E-state index in [-0.39, 0.29) is 11.3 Å². The molecule has 0 aliphatic carbocycles. The molecule has 3 aromatic carbocycles. The third kappa shape index (κ3) is 3.99. The van der Waals surface area contributed by atoms with Crippen LogP contribution in [0.2, 0.25) is 0 Å². The van der Waals surface area contributed by atoms with Crippen LogP contribution in [0.15, 0.2) is 72.8 Å². The Balaban J connectivity index is 1.93. The number of amides is 1. The van der Waals surface area contributed by atoms with Crippen LogP contribution in [0.4, 0.5) is 5.69 Å². The molecule has 0 unspecified atom stereocenters. The number of anilines is 1. The van der Waals surface area contributed by atoms with Gasteiger partial charge in [0.15, 0.2) is 5.78 Å². The largest absolute Gasteiger partial charge is 0.465 e. The Morgan fingerprint density at radius 3 is 2.11 bits per heavy atom. The summed E-state index contributed by atoms with van der Waals surface area (Å²) >= 11 is 0. The van der Waals surface area contributed by atoms with Crippen LogP contribution >= 0.6 is 0 Å². The molecule has 140 valence electrons.